The van der Waals surface area contributed by atoms with Crippen LogP contribution < -0.4 is 15.1 Å². The summed E-state index contributed by atoms with van der Waals surface area (Å²) in [4.78, 5) is 65.5. The number of hydrogen-bond acceptors (Lipinski definition) is 9. The number of carbonyl (C=O) groups excluding carboxylic acids is 4. The van der Waals surface area contributed by atoms with Crippen molar-refractivity contribution in [2.75, 3.05) is 17.4 Å². The predicted octanol–water partition coefficient (Wildman–Crippen LogP) is 9.36. The van der Waals surface area contributed by atoms with Crippen LogP contribution in [0.4, 0.5) is 11.4 Å². The number of ether oxygens (including phenoxy) is 1. The van der Waals surface area contributed by atoms with E-state index in [1.165, 1.54) is 30.2 Å². The second-order valence-corrected chi connectivity index (χ2v) is 16.7. The van der Waals surface area contributed by atoms with Crippen molar-refractivity contribution in [1.29, 1.82) is 0 Å². The minimum atomic E-state index is -1.67. The van der Waals surface area contributed by atoms with Crippen LogP contribution in [0.2, 0.25) is 15.1 Å². The standard InChI is InChI=1S/C46H33Cl3N4O7/c1-59-28-14-8-24(9-15-28)46-33(43(56)53(45(46)58)51-35-18-10-26(48)21-34(35)49)22-31-29(40(46)32-20-25(47)11-19-37(32)54)16-17-30-39(31)44(57)52(42(30)55)27-12-6-23(7-13-27)41-50-36-4-2-3-5-38(36)60-41/h2-16,18-21,30-31,33,39-40,51,54H,17,22H2,1H3. The smallest absolute Gasteiger partial charge is 0.260 e. The molecule has 0 spiro atoms. The van der Waals surface area contributed by atoms with Gasteiger partial charge in [-0.1, -0.05) is 70.7 Å². The van der Waals surface area contributed by atoms with Gasteiger partial charge in [-0.25, -0.2) is 4.98 Å². The van der Waals surface area contributed by atoms with Crippen molar-refractivity contribution in [3.05, 3.63) is 147 Å². The summed E-state index contributed by atoms with van der Waals surface area (Å²) >= 11 is 19.4. The van der Waals surface area contributed by atoms with Gasteiger partial charge in [0.1, 0.15) is 17.0 Å². The van der Waals surface area contributed by atoms with E-state index in [9.17, 15) is 14.7 Å². The first-order valence-corrected chi connectivity index (χ1v) is 20.4. The van der Waals surface area contributed by atoms with Gasteiger partial charge in [-0.2, -0.15) is 5.01 Å². The van der Waals surface area contributed by atoms with Crippen LogP contribution in [-0.2, 0) is 24.6 Å². The lowest BCUT2D eigenvalue weighted by molar-refractivity contribution is -0.138. The van der Waals surface area contributed by atoms with Gasteiger partial charge in [0.2, 0.25) is 17.7 Å². The number of phenolic OH excluding ortho intramolecular Hbond substituents is 1. The lowest BCUT2D eigenvalue weighted by Gasteiger charge is -2.50. The maximum absolute atomic E-state index is 15.5. The Morgan fingerprint density at radius 2 is 1.57 bits per heavy atom. The average Bonchev–Trinajstić information content (AvgIpc) is 3.87. The third-order valence-corrected chi connectivity index (χ3v) is 13.3. The highest BCUT2D eigenvalue weighted by molar-refractivity contribution is 6.36. The van der Waals surface area contributed by atoms with Gasteiger partial charge in [0, 0.05) is 27.1 Å². The Kier molecular flexibility index (Phi) is 9.05. The van der Waals surface area contributed by atoms with Gasteiger partial charge < -0.3 is 14.3 Å². The molecule has 3 fully saturated rings. The van der Waals surface area contributed by atoms with Gasteiger partial charge in [0.25, 0.3) is 11.8 Å². The first-order valence-electron chi connectivity index (χ1n) is 19.3. The van der Waals surface area contributed by atoms with E-state index in [2.05, 4.69) is 10.4 Å². The molecule has 3 heterocycles. The number of imide groups is 2. The Morgan fingerprint density at radius 1 is 0.833 bits per heavy atom. The fraction of sp³-hybridized carbons (Fsp3) is 0.196. The number of aromatic hydroxyl groups is 1. The normalized spacial score (nSPS) is 24.7. The largest absolute Gasteiger partial charge is 0.508 e. The highest BCUT2D eigenvalue weighted by Gasteiger charge is 2.70. The summed E-state index contributed by atoms with van der Waals surface area (Å²) < 4.78 is 11.4. The topological polar surface area (TPSA) is 142 Å². The number of halogens is 3. The maximum Gasteiger partial charge on any atom is 0.260 e. The van der Waals surface area contributed by atoms with Crippen LogP contribution in [0.1, 0.15) is 29.9 Å². The number of aromatic nitrogens is 1. The van der Waals surface area contributed by atoms with Crippen molar-refractivity contribution in [1.82, 2.24) is 9.99 Å². The number of amides is 4. The fourth-order valence-electron chi connectivity index (χ4n) is 9.95. The number of rotatable bonds is 7. The molecule has 11 nitrogen and oxygen atoms in total. The van der Waals surface area contributed by atoms with Crippen LogP contribution in [0.5, 0.6) is 11.5 Å². The quantitative estimate of drug-likeness (QED) is 0.119. The van der Waals surface area contributed by atoms with E-state index < -0.39 is 52.7 Å². The third kappa shape index (κ3) is 5.67. The SMILES string of the molecule is COc1ccc(C23C(=O)N(Nc4ccc(Cl)cc4Cl)C(=O)C2CC2C(=CCC4C(=O)N(c5ccc(-c6nc7ccccc7o6)cc5)C(=O)C42)C3c2cc(Cl)ccc2O)cc1. The molecule has 4 amide bonds. The number of fused-ring (bicyclic) bond motifs is 5. The summed E-state index contributed by atoms with van der Waals surface area (Å²) in [6, 6.07) is 30.4. The Balaban J connectivity index is 1.09. The third-order valence-electron chi connectivity index (χ3n) is 12.5. The van der Waals surface area contributed by atoms with Crippen molar-refractivity contribution >= 4 is 80.9 Å². The van der Waals surface area contributed by atoms with Gasteiger partial charge in [0.15, 0.2) is 5.58 Å². The molecule has 0 radical (unpaired) electrons. The number of hydrazine groups is 1. The number of benzene rings is 5. The van der Waals surface area contributed by atoms with E-state index in [1.807, 2.05) is 30.3 Å². The van der Waals surface area contributed by atoms with Crippen LogP contribution in [-0.4, -0.2) is 45.8 Å². The molecule has 5 aromatic carbocycles. The summed E-state index contributed by atoms with van der Waals surface area (Å²) in [5, 5.41) is 13.5. The fourth-order valence-corrected chi connectivity index (χ4v) is 10.6. The molecule has 60 heavy (non-hydrogen) atoms. The zero-order valence-electron chi connectivity index (χ0n) is 31.6. The van der Waals surface area contributed by atoms with E-state index in [-0.39, 0.29) is 35.2 Å². The second kappa shape index (κ2) is 14.3. The maximum atomic E-state index is 15.5. The Morgan fingerprint density at radius 3 is 2.30 bits per heavy atom. The Hall–Kier alpha value is -6.14. The minimum absolute atomic E-state index is 0.0392. The zero-order chi connectivity index (χ0) is 41.6. The van der Waals surface area contributed by atoms with Gasteiger partial charge in [-0.3, -0.25) is 29.5 Å². The van der Waals surface area contributed by atoms with Gasteiger partial charge in [-0.15, -0.1) is 0 Å². The van der Waals surface area contributed by atoms with Gasteiger partial charge >= 0.3 is 0 Å². The van der Waals surface area contributed by atoms with Gasteiger partial charge in [-0.05, 0) is 109 Å². The lowest BCUT2D eigenvalue weighted by Crippen LogP contribution is -2.53. The minimum Gasteiger partial charge on any atom is -0.508 e. The Labute approximate surface area is 358 Å². The molecular formula is C46H33Cl3N4O7. The van der Waals surface area contributed by atoms with E-state index in [0.29, 0.717) is 60.7 Å². The molecule has 300 valence electrons. The van der Waals surface area contributed by atoms with E-state index in [4.69, 9.17) is 44.0 Å². The van der Waals surface area contributed by atoms with E-state index >= 15 is 9.59 Å². The number of para-hydroxylation sites is 2. The summed E-state index contributed by atoms with van der Waals surface area (Å²) in [7, 11) is 1.53. The number of allylic oxidation sites excluding steroid dienone is 2. The molecular weight excluding hydrogens is 827 g/mol. The molecule has 1 aromatic heterocycles. The van der Waals surface area contributed by atoms with E-state index in [0.717, 1.165) is 5.01 Å². The second-order valence-electron chi connectivity index (χ2n) is 15.5. The highest BCUT2D eigenvalue weighted by Crippen LogP contribution is 2.65. The molecule has 2 saturated heterocycles. The molecule has 0 bridgehead atoms. The summed E-state index contributed by atoms with van der Waals surface area (Å²) in [5.74, 6) is -5.56. The number of nitrogens with one attached hydrogen (secondary N) is 1. The van der Waals surface area contributed by atoms with Crippen molar-refractivity contribution < 1.29 is 33.4 Å². The van der Waals surface area contributed by atoms with Crippen molar-refractivity contribution in [3.8, 4) is 23.0 Å². The van der Waals surface area contributed by atoms with Crippen molar-refractivity contribution in [2.24, 2.45) is 23.7 Å². The summed E-state index contributed by atoms with van der Waals surface area (Å²) in [6.45, 7) is 0. The molecule has 10 rings (SSSR count). The van der Waals surface area contributed by atoms with Crippen molar-refractivity contribution in [2.45, 2.75) is 24.2 Å². The zero-order valence-corrected chi connectivity index (χ0v) is 33.9. The van der Waals surface area contributed by atoms with Crippen molar-refractivity contribution in [3.63, 3.8) is 0 Å². The van der Waals surface area contributed by atoms with Crippen LogP contribution in [0.15, 0.2) is 125 Å². The summed E-state index contributed by atoms with van der Waals surface area (Å²) in [6.07, 6.45) is 2.13. The number of nitrogens with zero attached hydrogens (tertiary/aromatic N) is 3. The predicted molar refractivity (Wildman–Crippen MR) is 226 cm³/mol. The lowest BCUT2D eigenvalue weighted by atomic mass is 9.49. The van der Waals surface area contributed by atoms with Crippen LogP contribution in [0.25, 0.3) is 22.6 Å². The average molecular weight is 860 g/mol. The molecule has 6 atom stereocenters. The molecule has 2 N–H and O–H groups in total. The number of methoxy groups -OCH3 is 1. The first kappa shape index (κ1) is 38.1. The van der Waals surface area contributed by atoms with Gasteiger partial charge in [0.05, 0.1) is 46.7 Å². The highest BCUT2D eigenvalue weighted by atomic mass is 35.5. The number of oxazole rings is 1. The van der Waals surface area contributed by atoms with Crippen LogP contribution >= 0.6 is 34.8 Å². The molecule has 1 saturated carbocycles. The van der Waals surface area contributed by atoms with E-state index in [1.54, 1.807) is 66.7 Å². The number of phenols is 1. The van der Waals surface area contributed by atoms with Crippen LogP contribution in [0.3, 0.4) is 0 Å². The molecule has 6 aromatic rings. The number of anilines is 2. The Bertz CT molecular complexity index is 2790. The number of hydrogen-bond donors (Lipinski definition) is 2. The monoisotopic (exact) mass is 858 g/mol. The molecule has 2 aliphatic heterocycles. The molecule has 2 aliphatic carbocycles. The number of carbonyl (C=O) groups is 4. The molecule has 6 unspecified atom stereocenters. The molecule has 14 heteroatoms. The molecule has 4 aliphatic rings. The first-order chi connectivity index (χ1) is 29.0. The summed E-state index contributed by atoms with van der Waals surface area (Å²) in [5.41, 5.74) is 5.41. The van der Waals surface area contributed by atoms with Crippen LogP contribution in [0, 0.1) is 23.7 Å².